The second-order valence-corrected chi connectivity index (χ2v) is 3.28. The number of nitrogens with zero attached hydrogens (tertiary/aromatic N) is 1. The van der Waals surface area contributed by atoms with E-state index in [1.54, 1.807) is 14.0 Å². The number of carbonyl (C=O) groups is 1. The summed E-state index contributed by atoms with van der Waals surface area (Å²) >= 11 is 0. The third kappa shape index (κ3) is 7.02. The van der Waals surface area contributed by atoms with Gasteiger partial charge < -0.3 is 25.7 Å². The van der Waals surface area contributed by atoms with Gasteiger partial charge in [0.25, 0.3) is 0 Å². The lowest BCUT2D eigenvalue weighted by Crippen LogP contribution is -2.36. The molecule has 0 aromatic carbocycles. The molecule has 0 saturated heterocycles. The van der Waals surface area contributed by atoms with E-state index in [2.05, 4.69) is 10.5 Å². The molecule has 1 atom stereocenters. The molecule has 1 unspecified atom stereocenters. The Balaban J connectivity index is 3.57. The van der Waals surface area contributed by atoms with Gasteiger partial charge in [-0.1, -0.05) is 12.1 Å². The van der Waals surface area contributed by atoms with Crippen LogP contribution >= 0.6 is 0 Å². The number of rotatable bonds is 8. The second kappa shape index (κ2) is 8.93. The van der Waals surface area contributed by atoms with E-state index in [9.17, 15) is 4.79 Å². The second-order valence-electron chi connectivity index (χ2n) is 3.28. The number of oxime groups is 1. The fourth-order valence-corrected chi connectivity index (χ4v) is 0.828. The average Bonchev–Trinajstić information content (AvgIpc) is 2.30. The van der Waals surface area contributed by atoms with Gasteiger partial charge in [-0.25, -0.2) is 0 Å². The summed E-state index contributed by atoms with van der Waals surface area (Å²) in [5.41, 5.74) is 5.34. The third-order valence-electron chi connectivity index (χ3n) is 1.89. The molecule has 0 spiro atoms. The molecule has 0 aliphatic rings. The first-order valence-corrected chi connectivity index (χ1v) is 4.92. The molecule has 0 radical (unpaired) electrons. The molecule has 7 heteroatoms. The van der Waals surface area contributed by atoms with Crippen LogP contribution < -0.4 is 11.1 Å². The molecule has 0 aliphatic carbocycles. The fourth-order valence-electron chi connectivity index (χ4n) is 0.828. The maximum atomic E-state index is 11.2. The van der Waals surface area contributed by atoms with E-state index in [0.29, 0.717) is 19.8 Å². The van der Waals surface area contributed by atoms with Crippen molar-refractivity contribution >= 4 is 11.7 Å². The Kier molecular flexibility index (Phi) is 8.18. The Bertz CT molecular complexity index is 233. The monoisotopic (exact) mass is 233 g/mol. The molecule has 0 heterocycles. The van der Waals surface area contributed by atoms with E-state index >= 15 is 0 Å². The van der Waals surface area contributed by atoms with Crippen molar-refractivity contribution in [1.29, 1.82) is 0 Å². The van der Waals surface area contributed by atoms with Gasteiger partial charge in [0.15, 0.2) is 0 Å². The summed E-state index contributed by atoms with van der Waals surface area (Å²) in [6.45, 7) is 2.85. The first-order chi connectivity index (χ1) is 7.61. The molecule has 7 nitrogen and oxygen atoms in total. The van der Waals surface area contributed by atoms with Gasteiger partial charge in [-0.3, -0.25) is 4.79 Å². The number of methoxy groups -OCH3 is 1. The predicted octanol–water partition coefficient (Wildman–Crippen LogP) is -0.852. The minimum Gasteiger partial charge on any atom is -0.409 e. The standard InChI is InChI=1S/C9H19N3O4/c1-7(9(10)12-14)5-11-8(13)6-16-4-3-15-2/h7,14H,3-6H2,1-2H3,(H2,10,12)(H,11,13). The number of hydrogen-bond acceptors (Lipinski definition) is 5. The predicted molar refractivity (Wildman–Crippen MR) is 58.3 cm³/mol. The van der Waals surface area contributed by atoms with Crippen LogP contribution in [0.3, 0.4) is 0 Å². The summed E-state index contributed by atoms with van der Waals surface area (Å²) in [5, 5.41) is 13.8. The Morgan fingerprint density at radius 2 is 2.25 bits per heavy atom. The lowest BCUT2D eigenvalue weighted by molar-refractivity contribution is -0.126. The Morgan fingerprint density at radius 3 is 2.81 bits per heavy atom. The van der Waals surface area contributed by atoms with Crippen LogP contribution in [0.25, 0.3) is 0 Å². The Morgan fingerprint density at radius 1 is 1.56 bits per heavy atom. The van der Waals surface area contributed by atoms with Crippen LogP contribution in [-0.4, -0.2) is 50.4 Å². The molecule has 0 aliphatic heterocycles. The summed E-state index contributed by atoms with van der Waals surface area (Å²) in [6.07, 6.45) is 0. The molecule has 4 N–H and O–H groups in total. The minimum absolute atomic E-state index is 0.0216. The highest BCUT2D eigenvalue weighted by Gasteiger charge is 2.09. The molecule has 0 bridgehead atoms. The molecule has 0 saturated carbocycles. The van der Waals surface area contributed by atoms with Crippen molar-refractivity contribution in [2.24, 2.45) is 16.8 Å². The lowest BCUT2D eigenvalue weighted by Gasteiger charge is -2.11. The minimum atomic E-state index is -0.242. The topological polar surface area (TPSA) is 106 Å². The number of carbonyl (C=O) groups excluding carboxylic acids is 1. The van der Waals surface area contributed by atoms with Gasteiger partial charge in [0.2, 0.25) is 5.91 Å². The molecule has 16 heavy (non-hydrogen) atoms. The van der Waals surface area contributed by atoms with E-state index in [1.807, 2.05) is 0 Å². The van der Waals surface area contributed by atoms with Gasteiger partial charge in [-0.05, 0) is 0 Å². The molecule has 0 aromatic heterocycles. The van der Waals surface area contributed by atoms with Gasteiger partial charge >= 0.3 is 0 Å². The van der Waals surface area contributed by atoms with Crippen molar-refractivity contribution in [3.8, 4) is 0 Å². The first kappa shape index (κ1) is 14.7. The maximum absolute atomic E-state index is 11.2. The summed E-state index contributed by atoms with van der Waals surface area (Å²) in [4.78, 5) is 11.2. The zero-order valence-electron chi connectivity index (χ0n) is 9.60. The van der Waals surface area contributed by atoms with Gasteiger partial charge in [-0.15, -0.1) is 0 Å². The average molecular weight is 233 g/mol. The number of hydrogen-bond donors (Lipinski definition) is 3. The van der Waals surface area contributed by atoms with E-state index < -0.39 is 0 Å². The highest BCUT2D eigenvalue weighted by molar-refractivity contribution is 5.83. The van der Waals surface area contributed by atoms with E-state index in [4.69, 9.17) is 20.4 Å². The maximum Gasteiger partial charge on any atom is 0.246 e. The van der Waals surface area contributed by atoms with Gasteiger partial charge in [-0.2, -0.15) is 0 Å². The SMILES string of the molecule is COCCOCC(=O)NCC(C)C(N)=NO. The Hall–Kier alpha value is -1.34. The quantitative estimate of drug-likeness (QED) is 0.166. The van der Waals surface area contributed by atoms with Crippen molar-refractivity contribution in [2.45, 2.75) is 6.92 Å². The summed E-state index contributed by atoms with van der Waals surface area (Å²) in [7, 11) is 1.56. The van der Waals surface area contributed by atoms with Crippen molar-refractivity contribution in [3.63, 3.8) is 0 Å². The van der Waals surface area contributed by atoms with Crippen molar-refractivity contribution in [3.05, 3.63) is 0 Å². The number of nitrogens with two attached hydrogens (primary N) is 1. The molecular formula is C9H19N3O4. The highest BCUT2D eigenvalue weighted by Crippen LogP contribution is 1.91. The highest BCUT2D eigenvalue weighted by atomic mass is 16.5. The van der Waals surface area contributed by atoms with Crippen molar-refractivity contribution < 1.29 is 19.5 Å². The van der Waals surface area contributed by atoms with Crippen LogP contribution in [0.4, 0.5) is 0 Å². The zero-order valence-corrected chi connectivity index (χ0v) is 9.60. The molecule has 0 rings (SSSR count). The number of amides is 1. The van der Waals surface area contributed by atoms with Crippen LogP contribution in [0.2, 0.25) is 0 Å². The zero-order chi connectivity index (χ0) is 12.4. The van der Waals surface area contributed by atoms with Crippen LogP contribution in [0.1, 0.15) is 6.92 Å². The van der Waals surface area contributed by atoms with Gasteiger partial charge in [0.1, 0.15) is 12.4 Å². The van der Waals surface area contributed by atoms with Crippen LogP contribution in [-0.2, 0) is 14.3 Å². The van der Waals surface area contributed by atoms with Crippen molar-refractivity contribution in [1.82, 2.24) is 5.32 Å². The summed E-state index contributed by atoms with van der Waals surface area (Å²) < 4.78 is 9.76. The third-order valence-corrected chi connectivity index (χ3v) is 1.89. The van der Waals surface area contributed by atoms with Crippen molar-refractivity contribution in [2.75, 3.05) is 33.5 Å². The summed E-state index contributed by atoms with van der Waals surface area (Å²) in [6, 6.07) is 0. The normalized spacial score (nSPS) is 13.5. The van der Waals surface area contributed by atoms with E-state index in [0.717, 1.165) is 0 Å². The Labute approximate surface area is 94.6 Å². The van der Waals surface area contributed by atoms with Gasteiger partial charge in [0, 0.05) is 19.6 Å². The number of amidine groups is 1. The number of nitrogens with one attached hydrogen (secondary N) is 1. The molecule has 0 aromatic rings. The van der Waals surface area contributed by atoms with E-state index in [1.165, 1.54) is 0 Å². The summed E-state index contributed by atoms with van der Waals surface area (Å²) in [5.74, 6) is -0.373. The molecule has 94 valence electrons. The lowest BCUT2D eigenvalue weighted by atomic mass is 10.1. The fraction of sp³-hybridized carbons (Fsp3) is 0.778. The molecular weight excluding hydrogens is 214 g/mol. The first-order valence-electron chi connectivity index (χ1n) is 4.92. The smallest absolute Gasteiger partial charge is 0.246 e. The van der Waals surface area contributed by atoms with Gasteiger partial charge in [0.05, 0.1) is 13.2 Å². The number of ether oxygens (including phenoxy) is 2. The largest absolute Gasteiger partial charge is 0.409 e. The van der Waals surface area contributed by atoms with Crippen LogP contribution in [0.15, 0.2) is 5.16 Å². The molecule has 1 amide bonds. The van der Waals surface area contributed by atoms with Crippen LogP contribution in [0.5, 0.6) is 0 Å². The van der Waals surface area contributed by atoms with Crippen LogP contribution in [0, 0.1) is 5.92 Å². The molecule has 0 fully saturated rings. The van der Waals surface area contributed by atoms with E-state index in [-0.39, 0.29) is 24.3 Å².